The van der Waals surface area contributed by atoms with Crippen molar-refractivity contribution in [3.05, 3.63) is 35.7 Å². The van der Waals surface area contributed by atoms with Crippen LogP contribution in [0, 0.1) is 6.92 Å². The number of likely N-dealkylation sites (N-methyl/N-ethyl adjacent to an activating group) is 1. The van der Waals surface area contributed by atoms with Crippen molar-refractivity contribution in [1.82, 2.24) is 19.9 Å². The van der Waals surface area contributed by atoms with Gasteiger partial charge in [-0.15, -0.1) is 0 Å². The fraction of sp³-hybridized carbons (Fsp3) is 0.500. The van der Waals surface area contributed by atoms with Crippen molar-refractivity contribution in [1.29, 1.82) is 0 Å². The zero-order chi connectivity index (χ0) is 17.4. The first-order chi connectivity index (χ1) is 12.1. The van der Waals surface area contributed by atoms with Crippen LogP contribution >= 0.6 is 0 Å². The van der Waals surface area contributed by atoms with Gasteiger partial charge in [-0.2, -0.15) is 0 Å². The first kappa shape index (κ1) is 16.2. The summed E-state index contributed by atoms with van der Waals surface area (Å²) in [5, 5.41) is 4.09. The summed E-state index contributed by atoms with van der Waals surface area (Å²) in [5.74, 6) is 0.478. The van der Waals surface area contributed by atoms with Crippen LogP contribution in [0.4, 0.5) is 0 Å². The van der Waals surface area contributed by atoms with E-state index < -0.39 is 0 Å². The van der Waals surface area contributed by atoms with Gasteiger partial charge in [0, 0.05) is 25.8 Å². The molecule has 0 aromatic carbocycles. The van der Waals surface area contributed by atoms with Crippen molar-refractivity contribution in [2.24, 2.45) is 0 Å². The molecule has 4 heterocycles. The normalized spacial score (nSPS) is 24.2. The number of pyridine rings is 1. The monoisotopic (exact) mass is 342 g/mol. The van der Waals surface area contributed by atoms with Gasteiger partial charge in [0.15, 0.2) is 0 Å². The van der Waals surface area contributed by atoms with Gasteiger partial charge in [0.05, 0.1) is 24.4 Å². The van der Waals surface area contributed by atoms with Crippen molar-refractivity contribution in [2.45, 2.75) is 25.5 Å². The van der Waals surface area contributed by atoms with E-state index in [0.29, 0.717) is 35.9 Å². The Bertz CT molecular complexity index is 761. The molecule has 132 valence electrons. The molecule has 7 heteroatoms. The van der Waals surface area contributed by atoms with E-state index in [-0.39, 0.29) is 18.1 Å². The van der Waals surface area contributed by atoms with Crippen LogP contribution in [-0.2, 0) is 4.74 Å². The molecule has 2 aromatic rings. The smallest absolute Gasteiger partial charge is 0.260 e. The van der Waals surface area contributed by atoms with Crippen molar-refractivity contribution in [3.8, 4) is 11.4 Å². The third kappa shape index (κ3) is 2.94. The van der Waals surface area contributed by atoms with Crippen LogP contribution in [-0.4, -0.2) is 71.3 Å². The minimum absolute atomic E-state index is 0.0481. The highest BCUT2D eigenvalue weighted by Gasteiger charge is 2.40. The quantitative estimate of drug-likeness (QED) is 0.825. The SMILES string of the molecule is Cc1onc(-c2ccccn2)c1C(=O)N1CCOC2CCN(C)CC21. The van der Waals surface area contributed by atoms with Crippen LogP contribution in [0.15, 0.2) is 28.9 Å². The molecule has 2 aromatic heterocycles. The van der Waals surface area contributed by atoms with Gasteiger partial charge in [-0.1, -0.05) is 11.2 Å². The Balaban J connectivity index is 1.68. The number of carbonyl (C=O) groups is 1. The number of likely N-dealkylation sites (tertiary alicyclic amines) is 1. The minimum Gasteiger partial charge on any atom is -0.374 e. The van der Waals surface area contributed by atoms with E-state index in [1.807, 2.05) is 23.1 Å². The maximum absolute atomic E-state index is 13.4. The van der Waals surface area contributed by atoms with Crippen molar-refractivity contribution in [3.63, 3.8) is 0 Å². The van der Waals surface area contributed by atoms with Crippen molar-refractivity contribution in [2.75, 3.05) is 33.3 Å². The van der Waals surface area contributed by atoms with Gasteiger partial charge in [-0.05, 0) is 32.5 Å². The molecule has 2 atom stereocenters. The molecule has 2 fully saturated rings. The number of piperidine rings is 1. The van der Waals surface area contributed by atoms with Gasteiger partial charge in [-0.25, -0.2) is 0 Å². The molecule has 7 nitrogen and oxygen atoms in total. The Kier molecular flexibility index (Phi) is 4.27. The summed E-state index contributed by atoms with van der Waals surface area (Å²) in [6, 6.07) is 5.61. The molecule has 4 rings (SSSR count). The number of ether oxygens (including phenoxy) is 1. The van der Waals surface area contributed by atoms with Gasteiger partial charge in [-0.3, -0.25) is 9.78 Å². The van der Waals surface area contributed by atoms with Crippen LogP contribution < -0.4 is 0 Å². The largest absolute Gasteiger partial charge is 0.374 e. The summed E-state index contributed by atoms with van der Waals surface area (Å²) >= 11 is 0. The number of aromatic nitrogens is 2. The Morgan fingerprint density at radius 1 is 1.32 bits per heavy atom. The van der Waals surface area contributed by atoms with Crippen LogP contribution in [0.5, 0.6) is 0 Å². The Morgan fingerprint density at radius 3 is 3.00 bits per heavy atom. The van der Waals surface area contributed by atoms with E-state index in [4.69, 9.17) is 9.26 Å². The molecule has 1 amide bonds. The second-order valence-corrected chi connectivity index (χ2v) is 6.70. The molecule has 2 aliphatic rings. The summed E-state index contributed by atoms with van der Waals surface area (Å²) in [4.78, 5) is 21.9. The summed E-state index contributed by atoms with van der Waals surface area (Å²) < 4.78 is 11.2. The molecule has 2 unspecified atom stereocenters. The summed E-state index contributed by atoms with van der Waals surface area (Å²) in [7, 11) is 2.08. The predicted octanol–water partition coefficient (Wildman–Crippen LogP) is 1.59. The van der Waals surface area contributed by atoms with Gasteiger partial charge in [0.25, 0.3) is 5.91 Å². The van der Waals surface area contributed by atoms with Crippen molar-refractivity contribution >= 4 is 5.91 Å². The number of fused-ring (bicyclic) bond motifs is 1. The number of rotatable bonds is 2. The Morgan fingerprint density at radius 2 is 2.20 bits per heavy atom. The van der Waals surface area contributed by atoms with Gasteiger partial charge >= 0.3 is 0 Å². The highest BCUT2D eigenvalue weighted by atomic mass is 16.5. The molecule has 0 saturated carbocycles. The second kappa shape index (κ2) is 6.57. The lowest BCUT2D eigenvalue weighted by molar-refractivity contribution is -0.0870. The number of nitrogens with zero attached hydrogens (tertiary/aromatic N) is 4. The number of aryl methyl sites for hydroxylation is 1. The third-order valence-corrected chi connectivity index (χ3v) is 5.03. The zero-order valence-corrected chi connectivity index (χ0v) is 14.5. The molecule has 0 aliphatic carbocycles. The highest BCUT2D eigenvalue weighted by molar-refractivity contribution is 6.00. The van der Waals surface area contributed by atoms with Gasteiger partial charge in [0.2, 0.25) is 0 Å². The average Bonchev–Trinajstić information content (AvgIpc) is 3.03. The fourth-order valence-corrected chi connectivity index (χ4v) is 3.73. The third-order valence-electron chi connectivity index (χ3n) is 5.03. The molecule has 0 bridgehead atoms. The summed E-state index contributed by atoms with van der Waals surface area (Å²) in [5.41, 5.74) is 1.66. The predicted molar refractivity (Wildman–Crippen MR) is 91.1 cm³/mol. The first-order valence-electron chi connectivity index (χ1n) is 8.64. The average molecular weight is 342 g/mol. The zero-order valence-electron chi connectivity index (χ0n) is 14.5. The van der Waals surface area contributed by atoms with Crippen LogP contribution in [0.3, 0.4) is 0 Å². The summed E-state index contributed by atoms with van der Waals surface area (Å²) in [6.45, 7) is 4.74. The van der Waals surface area contributed by atoms with Gasteiger partial charge in [0.1, 0.15) is 17.0 Å². The van der Waals surface area contributed by atoms with E-state index in [0.717, 1.165) is 19.5 Å². The number of morpholine rings is 1. The second-order valence-electron chi connectivity index (χ2n) is 6.70. The van der Waals surface area contributed by atoms with Crippen LogP contribution in [0.2, 0.25) is 0 Å². The lowest BCUT2D eigenvalue weighted by atomic mass is 9.97. The summed E-state index contributed by atoms with van der Waals surface area (Å²) in [6.07, 6.45) is 2.74. The Labute approximate surface area is 146 Å². The number of hydrogen-bond donors (Lipinski definition) is 0. The molecule has 2 saturated heterocycles. The Hall–Kier alpha value is -2.25. The maximum Gasteiger partial charge on any atom is 0.260 e. The molecule has 25 heavy (non-hydrogen) atoms. The lowest BCUT2D eigenvalue weighted by Crippen LogP contribution is -2.60. The number of hydrogen-bond acceptors (Lipinski definition) is 6. The van der Waals surface area contributed by atoms with Crippen molar-refractivity contribution < 1.29 is 14.1 Å². The van der Waals surface area contributed by atoms with E-state index in [1.54, 1.807) is 13.1 Å². The minimum atomic E-state index is -0.0481. The van der Waals surface area contributed by atoms with Crippen LogP contribution in [0.1, 0.15) is 22.5 Å². The lowest BCUT2D eigenvalue weighted by Gasteiger charge is -2.46. The standard InChI is InChI=1S/C18H22N4O3/c1-12-16(17(20-25-12)13-5-3-4-7-19-13)18(23)22-9-10-24-15-6-8-21(2)11-14(15)22/h3-5,7,14-15H,6,8-11H2,1-2H3. The number of carbonyl (C=O) groups excluding carboxylic acids is 1. The highest BCUT2D eigenvalue weighted by Crippen LogP contribution is 2.29. The molecule has 2 aliphatic heterocycles. The molecule has 0 N–H and O–H groups in total. The van der Waals surface area contributed by atoms with Gasteiger partial charge < -0.3 is 19.1 Å². The van der Waals surface area contributed by atoms with E-state index in [2.05, 4.69) is 22.1 Å². The first-order valence-corrected chi connectivity index (χ1v) is 8.64. The molecule has 0 radical (unpaired) electrons. The molecule has 0 spiro atoms. The topological polar surface area (TPSA) is 71.7 Å². The van der Waals surface area contributed by atoms with Crippen LogP contribution in [0.25, 0.3) is 11.4 Å². The maximum atomic E-state index is 13.4. The van der Waals surface area contributed by atoms with E-state index in [1.165, 1.54) is 0 Å². The van der Waals surface area contributed by atoms with E-state index in [9.17, 15) is 4.79 Å². The molecular formula is C18H22N4O3. The van der Waals surface area contributed by atoms with E-state index >= 15 is 0 Å². The molecular weight excluding hydrogens is 320 g/mol. The number of amides is 1. The fourth-order valence-electron chi connectivity index (χ4n) is 3.73.